The summed E-state index contributed by atoms with van der Waals surface area (Å²) in [5.74, 6) is 0.342. The van der Waals surface area contributed by atoms with Crippen molar-refractivity contribution < 1.29 is 23.4 Å². The summed E-state index contributed by atoms with van der Waals surface area (Å²) in [5, 5.41) is 21.8. The standard InChI is InChI=1S/C17H26F2N6O3/c18-16(19)28-6-5-21-17-22-9-13(15(27)24-11-7-20-8-11)14(25-17)23-10-1-3-12(26)4-2-10/h9-12,16,20,26H,1-8H2,(H,24,27)(H2,21,22,23,25). The number of hydrogen-bond acceptors (Lipinski definition) is 8. The van der Waals surface area contributed by atoms with Gasteiger partial charge in [-0.1, -0.05) is 0 Å². The lowest BCUT2D eigenvalue weighted by Gasteiger charge is -2.29. The largest absolute Gasteiger partial charge is 0.393 e. The molecule has 2 fully saturated rings. The van der Waals surface area contributed by atoms with E-state index in [1.807, 2.05) is 0 Å². The van der Waals surface area contributed by atoms with Gasteiger partial charge in [0.25, 0.3) is 5.91 Å². The molecule has 9 nitrogen and oxygen atoms in total. The van der Waals surface area contributed by atoms with Gasteiger partial charge in [0.05, 0.1) is 18.8 Å². The molecule has 1 amide bonds. The van der Waals surface area contributed by atoms with Gasteiger partial charge in [-0.05, 0) is 25.7 Å². The predicted octanol–water partition coefficient (Wildman–Crippen LogP) is 0.545. The monoisotopic (exact) mass is 400 g/mol. The Morgan fingerprint density at radius 2 is 2.04 bits per heavy atom. The number of rotatable bonds is 9. The number of nitrogens with one attached hydrogen (secondary N) is 4. The Morgan fingerprint density at radius 1 is 1.29 bits per heavy atom. The predicted molar refractivity (Wildman–Crippen MR) is 98.5 cm³/mol. The van der Waals surface area contributed by atoms with E-state index in [1.165, 1.54) is 6.20 Å². The summed E-state index contributed by atoms with van der Waals surface area (Å²) >= 11 is 0. The van der Waals surface area contributed by atoms with E-state index < -0.39 is 6.61 Å². The van der Waals surface area contributed by atoms with Gasteiger partial charge >= 0.3 is 6.61 Å². The molecule has 1 saturated heterocycles. The van der Waals surface area contributed by atoms with E-state index in [-0.39, 0.29) is 43.2 Å². The maximum absolute atomic E-state index is 12.6. The SMILES string of the molecule is O=C(NC1CNC1)c1cnc(NCCOC(F)F)nc1NC1CCC(O)CC1. The van der Waals surface area contributed by atoms with Crippen LogP contribution < -0.4 is 21.3 Å². The van der Waals surface area contributed by atoms with Crippen molar-refractivity contribution in [2.75, 3.05) is 36.9 Å². The lowest BCUT2D eigenvalue weighted by atomic mass is 9.93. The first-order valence-electron chi connectivity index (χ1n) is 9.48. The van der Waals surface area contributed by atoms with Crippen LogP contribution in [0.25, 0.3) is 0 Å². The zero-order valence-corrected chi connectivity index (χ0v) is 15.5. The van der Waals surface area contributed by atoms with Crippen molar-refractivity contribution in [2.24, 2.45) is 0 Å². The van der Waals surface area contributed by atoms with Gasteiger partial charge in [-0.25, -0.2) is 4.98 Å². The molecule has 0 radical (unpaired) electrons. The average Bonchev–Trinajstić information content (AvgIpc) is 2.63. The van der Waals surface area contributed by atoms with E-state index >= 15 is 0 Å². The Balaban J connectivity index is 1.67. The molecule has 2 heterocycles. The van der Waals surface area contributed by atoms with Crippen LogP contribution in [0.5, 0.6) is 0 Å². The quantitative estimate of drug-likeness (QED) is 0.381. The topological polar surface area (TPSA) is 120 Å². The molecule has 28 heavy (non-hydrogen) atoms. The number of aromatic nitrogens is 2. The fourth-order valence-corrected chi connectivity index (χ4v) is 3.12. The second-order valence-corrected chi connectivity index (χ2v) is 6.99. The van der Waals surface area contributed by atoms with Gasteiger partial charge in [0.1, 0.15) is 11.4 Å². The molecule has 1 aromatic heterocycles. The van der Waals surface area contributed by atoms with Gasteiger partial charge in [-0.2, -0.15) is 13.8 Å². The highest BCUT2D eigenvalue weighted by Crippen LogP contribution is 2.23. The van der Waals surface area contributed by atoms with Gasteiger partial charge in [0.2, 0.25) is 5.95 Å². The van der Waals surface area contributed by atoms with Crippen molar-refractivity contribution in [1.82, 2.24) is 20.6 Å². The van der Waals surface area contributed by atoms with Gasteiger partial charge in [0.15, 0.2) is 0 Å². The van der Waals surface area contributed by atoms with Crippen molar-refractivity contribution in [1.29, 1.82) is 0 Å². The van der Waals surface area contributed by atoms with E-state index in [9.17, 15) is 18.7 Å². The van der Waals surface area contributed by atoms with E-state index in [0.29, 0.717) is 24.2 Å². The van der Waals surface area contributed by atoms with Crippen LogP contribution in [0.3, 0.4) is 0 Å². The normalized spacial score (nSPS) is 22.6. The molecular weight excluding hydrogens is 374 g/mol. The zero-order chi connectivity index (χ0) is 19.9. The molecule has 0 aromatic carbocycles. The number of carbonyl (C=O) groups excluding carboxylic acids is 1. The van der Waals surface area contributed by atoms with Crippen LogP contribution in [0.1, 0.15) is 36.0 Å². The zero-order valence-electron chi connectivity index (χ0n) is 15.5. The average molecular weight is 400 g/mol. The number of ether oxygens (including phenoxy) is 1. The number of aliphatic hydroxyl groups is 1. The van der Waals surface area contributed by atoms with Crippen molar-refractivity contribution >= 4 is 17.7 Å². The van der Waals surface area contributed by atoms with E-state index in [4.69, 9.17) is 0 Å². The number of alkyl halides is 2. The van der Waals surface area contributed by atoms with Crippen molar-refractivity contribution in [3.8, 4) is 0 Å². The lowest BCUT2D eigenvalue weighted by molar-refractivity contribution is -0.125. The molecule has 1 saturated carbocycles. The van der Waals surface area contributed by atoms with Gasteiger partial charge < -0.3 is 31.1 Å². The molecule has 1 aliphatic heterocycles. The van der Waals surface area contributed by atoms with Crippen LogP contribution in [0.15, 0.2) is 6.20 Å². The summed E-state index contributed by atoms with van der Waals surface area (Å²) in [6, 6.07) is 0.166. The summed E-state index contributed by atoms with van der Waals surface area (Å²) in [5.41, 5.74) is 0.326. The molecule has 3 rings (SSSR count). The van der Waals surface area contributed by atoms with E-state index in [0.717, 1.165) is 25.9 Å². The Hall–Kier alpha value is -2.11. The fourth-order valence-electron chi connectivity index (χ4n) is 3.12. The molecule has 1 aromatic rings. The Labute approximate surface area is 161 Å². The Morgan fingerprint density at radius 3 is 2.68 bits per heavy atom. The minimum Gasteiger partial charge on any atom is -0.393 e. The summed E-state index contributed by atoms with van der Waals surface area (Å²) in [6.07, 6.45) is 4.05. The number of amides is 1. The third kappa shape index (κ3) is 5.94. The molecular formula is C17H26F2N6O3. The van der Waals surface area contributed by atoms with E-state index in [1.54, 1.807) is 0 Å². The maximum atomic E-state index is 12.6. The molecule has 1 aliphatic carbocycles. The smallest absolute Gasteiger partial charge is 0.345 e. The second kappa shape index (κ2) is 9.89. The van der Waals surface area contributed by atoms with E-state index in [2.05, 4.69) is 36.0 Å². The molecule has 5 N–H and O–H groups in total. The van der Waals surface area contributed by atoms with Crippen molar-refractivity contribution in [3.63, 3.8) is 0 Å². The first kappa shape index (κ1) is 20.6. The molecule has 0 spiro atoms. The molecule has 0 bridgehead atoms. The number of anilines is 2. The second-order valence-electron chi connectivity index (χ2n) is 6.99. The number of halogens is 2. The van der Waals surface area contributed by atoms with Crippen LogP contribution in [-0.2, 0) is 4.74 Å². The third-order valence-corrected chi connectivity index (χ3v) is 4.82. The molecule has 0 atom stereocenters. The minimum atomic E-state index is -2.83. The summed E-state index contributed by atoms with van der Waals surface area (Å²) in [4.78, 5) is 21.1. The highest BCUT2D eigenvalue weighted by Gasteiger charge is 2.25. The number of aliphatic hydroxyl groups excluding tert-OH is 1. The summed E-state index contributed by atoms with van der Waals surface area (Å²) in [7, 11) is 0. The highest BCUT2D eigenvalue weighted by molar-refractivity contribution is 5.98. The van der Waals surface area contributed by atoms with Crippen molar-refractivity contribution in [2.45, 2.75) is 50.5 Å². The minimum absolute atomic E-state index is 0.0782. The molecule has 0 unspecified atom stereocenters. The van der Waals surface area contributed by atoms with Gasteiger partial charge in [-0.15, -0.1) is 0 Å². The summed E-state index contributed by atoms with van der Waals surface area (Å²) in [6.45, 7) is -1.46. The summed E-state index contributed by atoms with van der Waals surface area (Å²) < 4.78 is 28.3. The number of hydrogen-bond donors (Lipinski definition) is 5. The molecule has 11 heteroatoms. The molecule has 156 valence electrons. The Bertz CT molecular complexity index is 654. The van der Waals surface area contributed by atoms with Crippen LogP contribution in [0, 0.1) is 0 Å². The Kier molecular flexibility index (Phi) is 7.29. The third-order valence-electron chi connectivity index (χ3n) is 4.82. The van der Waals surface area contributed by atoms with Gasteiger partial charge in [-0.3, -0.25) is 4.79 Å². The van der Waals surface area contributed by atoms with Crippen LogP contribution in [-0.4, -0.2) is 72.0 Å². The molecule has 2 aliphatic rings. The van der Waals surface area contributed by atoms with Gasteiger partial charge in [0, 0.05) is 31.9 Å². The maximum Gasteiger partial charge on any atom is 0.345 e. The lowest BCUT2D eigenvalue weighted by Crippen LogP contribution is -2.57. The first-order chi connectivity index (χ1) is 13.5. The van der Waals surface area contributed by atoms with Crippen LogP contribution >= 0.6 is 0 Å². The van der Waals surface area contributed by atoms with Crippen LogP contribution in [0.4, 0.5) is 20.5 Å². The fraction of sp³-hybridized carbons (Fsp3) is 0.706. The number of nitrogens with zero attached hydrogens (tertiary/aromatic N) is 2. The highest BCUT2D eigenvalue weighted by atomic mass is 19.3. The van der Waals surface area contributed by atoms with Crippen LogP contribution in [0.2, 0.25) is 0 Å². The number of carbonyl (C=O) groups is 1. The first-order valence-corrected chi connectivity index (χ1v) is 9.48. The van der Waals surface area contributed by atoms with Crippen molar-refractivity contribution in [3.05, 3.63) is 11.8 Å².